The fraction of sp³-hybridized carbons (Fsp3) is 0.227. The highest BCUT2D eigenvalue weighted by molar-refractivity contribution is 5.92. The quantitative estimate of drug-likeness (QED) is 0.698. The predicted molar refractivity (Wildman–Crippen MR) is 105 cm³/mol. The van der Waals surface area contributed by atoms with Crippen molar-refractivity contribution in [2.45, 2.75) is 26.3 Å². The van der Waals surface area contributed by atoms with Gasteiger partial charge < -0.3 is 9.64 Å². The van der Waals surface area contributed by atoms with Crippen molar-refractivity contribution < 1.29 is 9.53 Å². The lowest BCUT2D eigenvalue weighted by Gasteiger charge is -2.27. The van der Waals surface area contributed by atoms with Crippen molar-refractivity contribution in [3.63, 3.8) is 0 Å². The van der Waals surface area contributed by atoms with Crippen LogP contribution in [0.1, 0.15) is 23.6 Å². The van der Waals surface area contributed by atoms with Crippen molar-refractivity contribution in [3.8, 4) is 17.1 Å². The smallest absolute Gasteiger partial charge is 0.224 e. The first-order valence-electron chi connectivity index (χ1n) is 9.00. The molecule has 0 saturated carbocycles. The molecule has 3 aromatic rings. The second-order valence-electron chi connectivity index (χ2n) is 6.66. The normalized spacial score (nSPS) is 13.2. The van der Waals surface area contributed by atoms with Crippen LogP contribution in [0.5, 0.6) is 5.88 Å². The molecule has 0 fully saturated rings. The number of anilines is 1. The molecular formula is C22H21N3O2. The van der Waals surface area contributed by atoms with Gasteiger partial charge in [-0.15, -0.1) is 0 Å². The zero-order valence-electron chi connectivity index (χ0n) is 15.5. The molecule has 5 heteroatoms. The van der Waals surface area contributed by atoms with E-state index in [1.54, 1.807) is 20.2 Å². The summed E-state index contributed by atoms with van der Waals surface area (Å²) in [6.45, 7) is 2.15. The van der Waals surface area contributed by atoms with E-state index in [1.165, 1.54) is 11.1 Å². The molecule has 0 unspecified atom stereocenters. The molecule has 2 aromatic heterocycles. The molecule has 0 radical (unpaired) electrons. The number of aryl methyl sites for hydroxylation is 2. The number of rotatable bonds is 2. The molecule has 0 saturated heterocycles. The Balaban J connectivity index is 1.72. The number of nitrogens with zero attached hydrogens (tertiary/aromatic N) is 3. The van der Waals surface area contributed by atoms with E-state index in [4.69, 9.17) is 4.74 Å². The summed E-state index contributed by atoms with van der Waals surface area (Å²) in [5, 5.41) is 0. The van der Waals surface area contributed by atoms with E-state index in [0.29, 0.717) is 12.4 Å². The Kier molecular flexibility index (Phi) is 4.59. The standard InChI is InChI=1S/C22H21N3O2/c1-15(26)25-14-19-13-23-20(18-9-10-22(27-2)24-12-18)11-17(19)8-7-16-5-3-4-6-21(16)25/h3-6,9-13H,7-8,14H2,1-2H3. The first kappa shape index (κ1) is 17.2. The Morgan fingerprint density at radius 2 is 1.81 bits per heavy atom. The van der Waals surface area contributed by atoms with Crippen LogP contribution in [0.2, 0.25) is 0 Å². The number of methoxy groups -OCH3 is 1. The van der Waals surface area contributed by atoms with E-state index in [2.05, 4.69) is 22.1 Å². The van der Waals surface area contributed by atoms with E-state index in [0.717, 1.165) is 35.3 Å². The largest absolute Gasteiger partial charge is 0.481 e. The van der Waals surface area contributed by atoms with Gasteiger partial charge in [0.2, 0.25) is 11.8 Å². The molecule has 27 heavy (non-hydrogen) atoms. The van der Waals surface area contributed by atoms with Gasteiger partial charge in [-0.2, -0.15) is 0 Å². The Labute approximate surface area is 158 Å². The van der Waals surface area contributed by atoms with E-state index < -0.39 is 0 Å². The fourth-order valence-electron chi connectivity index (χ4n) is 3.50. The highest BCUT2D eigenvalue weighted by atomic mass is 16.5. The summed E-state index contributed by atoms with van der Waals surface area (Å²) in [6.07, 6.45) is 5.46. The third-order valence-electron chi connectivity index (χ3n) is 4.98. The zero-order valence-corrected chi connectivity index (χ0v) is 15.5. The Hall–Kier alpha value is -3.21. The fourth-order valence-corrected chi connectivity index (χ4v) is 3.50. The predicted octanol–water partition coefficient (Wildman–Crippen LogP) is 3.80. The van der Waals surface area contributed by atoms with Crippen LogP contribution in [0.15, 0.2) is 54.9 Å². The molecular weight excluding hydrogens is 338 g/mol. The van der Waals surface area contributed by atoms with Crippen molar-refractivity contribution in [2.24, 2.45) is 0 Å². The number of para-hydroxylation sites is 1. The Morgan fingerprint density at radius 1 is 1.00 bits per heavy atom. The van der Waals surface area contributed by atoms with Gasteiger partial charge in [0.05, 0.1) is 19.3 Å². The Bertz CT molecular complexity index is 983. The number of hydrogen-bond acceptors (Lipinski definition) is 4. The van der Waals surface area contributed by atoms with Crippen LogP contribution < -0.4 is 9.64 Å². The highest BCUT2D eigenvalue weighted by Crippen LogP contribution is 2.30. The minimum absolute atomic E-state index is 0.0405. The molecule has 1 aromatic carbocycles. The van der Waals surface area contributed by atoms with Crippen LogP contribution >= 0.6 is 0 Å². The van der Waals surface area contributed by atoms with Crippen LogP contribution in [0.25, 0.3) is 11.3 Å². The second kappa shape index (κ2) is 7.19. The first-order chi connectivity index (χ1) is 13.2. The molecule has 0 N–H and O–H groups in total. The number of amides is 1. The number of carbonyl (C=O) groups is 1. The monoisotopic (exact) mass is 359 g/mol. The van der Waals surface area contributed by atoms with Crippen molar-refractivity contribution in [2.75, 3.05) is 12.0 Å². The molecule has 1 amide bonds. The van der Waals surface area contributed by atoms with Crippen molar-refractivity contribution in [1.29, 1.82) is 0 Å². The van der Waals surface area contributed by atoms with Crippen molar-refractivity contribution >= 4 is 11.6 Å². The molecule has 0 atom stereocenters. The summed E-state index contributed by atoms with van der Waals surface area (Å²) in [6, 6.07) is 14.0. The molecule has 3 heterocycles. The maximum absolute atomic E-state index is 12.3. The molecule has 1 aliphatic rings. The lowest BCUT2D eigenvalue weighted by atomic mass is 9.95. The highest BCUT2D eigenvalue weighted by Gasteiger charge is 2.20. The number of benzene rings is 1. The first-order valence-corrected chi connectivity index (χ1v) is 9.00. The van der Waals surface area contributed by atoms with E-state index >= 15 is 0 Å². The minimum atomic E-state index is 0.0405. The molecule has 5 nitrogen and oxygen atoms in total. The van der Waals surface area contributed by atoms with Gasteiger partial charge in [-0.25, -0.2) is 4.98 Å². The van der Waals surface area contributed by atoms with Crippen LogP contribution in [0, 0.1) is 0 Å². The second-order valence-corrected chi connectivity index (χ2v) is 6.66. The summed E-state index contributed by atoms with van der Waals surface area (Å²) in [7, 11) is 1.60. The average molecular weight is 359 g/mol. The van der Waals surface area contributed by atoms with Crippen LogP contribution in [0.3, 0.4) is 0 Å². The van der Waals surface area contributed by atoms with Gasteiger partial charge in [0.25, 0.3) is 0 Å². The number of ether oxygens (including phenoxy) is 1. The van der Waals surface area contributed by atoms with Gasteiger partial charge in [0, 0.05) is 36.6 Å². The van der Waals surface area contributed by atoms with Crippen LogP contribution in [-0.2, 0) is 24.2 Å². The van der Waals surface area contributed by atoms with Crippen molar-refractivity contribution in [1.82, 2.24) is 9.97 Å². The number of aromatic nitrogens is 2. The van der Waals surface area contributed by atoms with Crippen LogP contribution in [-0.4, -0.2) is 23.0 Å². The van der Waals surface area contributed by atoms with E-state index in [9.17, 15) is 4.79 Å². The molecule has 136 valence electrons. The van der Waals surface area contributed by atoms with Crippen LogP contribution in [0.4, 0.5) is 5.69 Å². The van der Waals surface area contributed by atoms with Gasteiger partial charge >= 0.3 is 0 Å². The number of carbonyl (C=O) groups excluding carboxylic acids is 1. The van der Waals surface area contributed by atoms with E-state index in [-0.39, 0.29) is 5.91 Å². The van der Waals surface area contributed by atoms with Gasteiger partial charge in [-0.05, 0) is 47.7 Å². The number of pyridine rings is 2. The third-order valence-corrected chi connectivity index (χ3v) is 4.98. The maximum Gasteiger partial charge on any atom is 0.224 e. The molecule has 0 bridgehead atoms. The number of hydrogen-bond donors (Lipinski definition) is 0. The van der Waals surface area contributed by atoms with Gasteiger partial charge in [0.15, 0.2) is 0 Å². The lowest BCUT2D eigenvalue weighted by molar-refractivity contribution is -0.116. The SMILES string of the molecule is COc1ccc(-c2cc3c(cn2)CN(C(C)=O)c2ccccc2CC3)cn1. The summed E-state index contributed by atoms with van der Waals surface area (Å²) in [5.41, 5.74) is 6.33. The average Bonchev–Trinajstić information content (AvgIpc) is 2.69. The van der Waals surface area contributed by atoms with E-state index in [1.807, 2.05) is 41.4 Å². The number of fused-ring (bicyclic) bond motifs is 2. The molecule has 4 rings (SSSR count). The Morgan fingerprint density at radius 3 is 2.56 bits per heavy atom. The molecule has 1 aliphatic heterocycles. The third kappa shape index (κ3) is 3.40. The summed E-state index contributed by atoms with van der Waals surface area (Å²) >= 11 is 0. The minimum Gasteiger partial charge on any atom is -0.481 e. The lowest BCUT2D eigenvalue weighted by Crippen LogP contribution is -2.30. The van der Waals surface area contributed by atoms with Gasteiger partial charge in [0.1, 0.15) is 0 Å². The molecule has 0 aliphatic carbocycles. The summed E-state index contributed by atoms with van der Waals surface area (Å²) < 4.78 is 5.12. The zero-order chi connectivity index (χ0) is 18.8. The molecule has 0 spiro atoms. The summed E-state index contributed by atoms with van der Waals surface area (Å²) in [4.78, 5) is 23.0. The maximum atomic E-state index is 12.3. The van der Waals surface area contributed by atoms with Gasteiger partial charge in [-0.1, -0.05) is 18.2 Å². The van der Waals surface area contributed by atoms with Gasteiger partial charge in [-0.3, -0.25) is 9.78 Å². The topological polar surface area (TPSA) is 55.3 Å². The van der Waals surface area contributed by atoms with Crippen molar-refractivity contribution in [3.05, 3.63) is 71.5 Å². The summed E-state index contributed by atoms with van der Waals surface area (Å²) in [5.74, 6) is 0.623.